The molecule has 0 N–H and O–H groups in total. The molecule has 25 heavy (non-hydrogen) atoms. The number of hydrogen-bond acceptors (Lipinski definition) is 0. The molecule has 0 nitrogen and oxygen atoms in total. The second kappa shape index (κ2) is 7.13. The van der Waals surface area contributed by atoms with Gasteiger partial charge in [-0.2, -0.15) is 0 Å². The molecule has 0 heterocycles. The van der Waals surface area contributed by atoms with Crippen molar-refractivity contribution >= 4 is 31.0 Å². The number of benzene rings is 4. The first-order valence-corrected chi connectivity index (χ1v) is 12.8. The molecule has 4 rings (SSSR count). The summed E-state index contributed by atoms with van der Waals surface area (Å²) in [6.07, 6.45) is 0. The van der Waals surface area contributed by atoms with Crippen molar-refractivity contribution < 1.29 is 0 Å². The Morgan fingerprint density at radius 2 is 0.480 bits per heavy atom. The third kappa shape index (κ3) is 2.84. The molecule has 0 unspecified atom stereocenters. The molecule has 0 spiro atoms. The Bertz CT molecular complexity index is 753. The zero-order valence-corrected chi connectivity index (χ0v) is 16.1. The van der Waals surface area contributed by atoms with Gasteiger partial charge in [-0.15, -0.1) is 0 Å². The first-order chi connectivity index (χ1) is 12.4. The molecule has 0 atom stereocenters. The SMILES string of the molecule is c1ccc([AsH](c2ccccc2)(c2ccccc2)c2ccccc2)cc1. The van der Waals surface area contributed by atoms with Gasteiger partial charge >= 0.3 is 152 Å². The standard InChI is InChI=1S/C24H21As/c1-5-13-21(14-6-1)25(22-15-7-2-8-16-22,23-17-9-3-10-18-23)24-19-11-4-12-20-24/h1-20,25H. The van der Waals surface area contributed by atoms with E-state index in [9.17, 15) is 0 Å². The summed E-state index contributed by atoms with van der Waals surface area (Å²) in [5.41, 5.74) is 0. The molecule has 0 aromatic heterocycles. The van der Waals surface area contributed by atoms with Gasteiger partial charge in [0.15, 0.2) is 0 Å². The summed E-state index contributed by atoms with van der Waals surface area (Å²) in [7, 11) is 0. The van der Waals surface area contributed by atoms with E-state index in [1.54, 1.807) is 0 Å². The van der Waals surface area contributed by atoms with Crippen LogP contribution >= 0.6 is 0 Å². The van der Waals surface area contributed by atoms with Crippen molar-refractivity contribution in [1.82, 2.24) is 0 Å². The van der Waals surface area contributed by atoms with Crippen molar-refractivity contribution in [2.45, 2.75) is 0 Å². The van der Waals surface area contributed by atoms with Gasteiger partial charge in [0.05, 0.1) is 0 Å². The van der Waals surface area contributed by atoms with Crippen LogP contribution in [0.25, 0.3) is 0 Å². The van der Waals surface area contributed by atoms with E-state index in [4.69, 9.17) is 0 Å². The van der Waals surface area contributed by atoms with E-state index in [0.29, 0.717) is 0 Å². The van der Waals surface area contributed by atoms with E-state index in [0.717, 1.165) is 0 Å². The Balaban J connectivity index is 2.13. The monoisotopic (exact) mass is 384 g/mol. The number of rotatable bonds is 4. The summed E-state index contributed by atoms with van der Waals surface area (Å²) in [5, 5.41) is 0. The van der Waals surface area contributed by atoms with Crippen molar-refractivity contribution in [3.63, 3.8) is 0 Å². The Hall–Kier alpha value is -2.56. The quantitative estimate of drug-likeness (QED) is 0.475. The Kier molecular flexibility index (Phi) is 4.55. The van der Waals surface area contributed by atoms with Crippen LogP contribution in [0, 0.1) is 0 Å². The maximum absolute atomic E-state index is 2.99. The molecule has 0 saturated heterocycles. The van der Waals surface area contributed by atoms with Crippen molar-refractivity contribution in [3.05, 3.63) is 121 Å². The normalized spacial score (nSPS) is 11.8. The van der Waals surface area contributed by atoms with E-state index in [1.807, 2.05) is 0 Å². The molecule has 0 aliphatic rings. The predicted molar refractivity (Wildman–Crippen MR) is 111 cm³/mol. The van der Waals surface area contributed by atoms with Gasteiger partial charge in [0.2, 0.25) is 0 Å². The van der Waals surface area contributed by atoms with E-state index in [2.05, 4.69) is 121 Å². The fourth-order valence-corrected chi connectivity index (χ4v) is 13.8. The Morgan fingerprint density at radius 3 is 0.680 bits per heavy atom. The summed E-state index contributed by atoms with van der Waals surface area (Å²) < 4.78 is 5.86. The van der Waals surface area contributed by atoms with Crippen molar-refractivity contribution in [1.29, 1.82) is 0 Å². The van der Waals surface area contributed by atoms with Crippen LogP contribution in [0.15, 0.2) is 121 Å². The Labute approximate surface area is 152 Å². The first-order valence-electron chi connectivity index (χ1n) is 8.64. The molecule has 122 valence electrons. The molecule has 0 radical (unpaired) electrons. The third-order valence-electron chi connectivity index (χ3n) is 4.83. The molecule has 1 heteroatoms. The summed E-state index contributed by atoms with van der Waals surface area (Å²) in [5.74, 6) is 0. The molecule has 0 saturated carbocycles. The summed E-state index contributed by atoms with van der Waals surface area (Å²) in [6.45, 7) is 0. The third-order valence-corrected chi connectivity index (χ3v) is 14.9. The molecule has 4 aromatic rings. The van der Waals surface area contributed by atoms with E-state index >= 15 is 0 Å². The van der Waals surface area contributed by atoms with Gasteiger partial charge in [-0.05, 0) is 0 Å². The molecular formula is C24H21As. The first kappa shape index (κ1) is 15.9. The second-order valence-corrected chi connectivity index (χ2v) is 14.2. The molecule has 4 aromatic carbocycles. The van der Waals surface area contributed by atoms with Gasteiger partial charge in [-0.25, -0.2) is 0 Å². The average molecular weight is 384 g/mol. The average Bonchev–Trinajstić information content (AvgIpc) is 2.72. The summed E-state index contributed by atoms with van der Waals surface area (Å²) in [4.78, 5) is 0. The van der Waals surface area contributed by atoms with Crippen LogP contribution in [-0.2, 0) is 0 Å². The van der Waals surface area contributed by atoms with Crippen LogP contribution in [-0.4, -0.2) is 13.6 Å². The van der Waals surface area contributed by atoms with Gasteiger partial charge < -0.3 is 0 Å². The van der Waals surface area contributed by atoms with E-state index in [1.165, 1.54) is 17.4 Å². The van der Waals surface area contributed by atoms with Crippen LogP contribution in [0.5, 0.6) is 0 Å². The van der Waals surface area contributed by atoms with Crippen LogP contribution in [0.1, 0.15) is 0 Å². The summed E-state index contributed by atoms with van der Waals surface area (Å²) in [6, 6.07) is 44.3. The fraction of sp³-hybridized carbons (Fsp3) is 0. The molecule has 0 aliphatic carbocycles. The number of hydrogen-bond donors (Lipinski definition) is 0. The van der Waals surface area contributed by atoms with Crippen molar-refractivity contribution in [2.24, 2.45) is 0 Å². The van der Waals surface area contributed by atoms with Crippen molar-refractivity contribution in [3.8, 4) is 0 Å². The van der Waals surface area contributed by atoms with Gasteiger partial charge in [-0.1, -0.05) is 0 Å². The maximum atomic E-state index is 2.31. The molecule has 0 bridgehead atoms. The Morgan fingerprint density at radius 1 is 0.280 bits per heavy atom. The van der Waals surface area contributed by atoms with Crippen LogP contribution in [0.2, 0.25) is 0 Å². The van der Waals surface area contributed by atoms with Crippen LogP contribution < -0.4 is 17.4 Å². The van der Waals surface area contributed by atoms with Gasteiger partial charge in [-0.3, -0.25) is 0 Å². The van der Waals surface area contributed by atoms with Crippen molar-refractivity contribution in [2.75, 3.05) is 0 Å². The van der Waals surface area contributed by atoms with Crippen LogP contribution in [0.4, 0.5) is 0 Å². The molecular weight excluding hydrogens is 363 g/mol. The topological polar surface area (TPSA) is 0 Å². The van der Waals surface area contributed by atoms with Crippen LogP contribution in [0.3, 0.4) is 0 Å². The molecule has 0 fully saturated rings. The van der Waals surface area contributed by atoms with E-state index in [-0.39, 0.29) is 0 Å². The van der Waals surface area contributed by atoms with Gasteiger partial charge in [0.1, 0.15) is 0 Å². The van der Waals surface area contributed by atoms with E-state index < -0.39 is 13.6 Å². The zero-order chi connectivity index (χ0) is 17.0. The van der Waals surface area contributed by atoms with Gasteiger partial charge in [0.25, 0.3) is 0 Å². The fourth-order valence-electron chi connectivity index (χ4n) is 3.75. The zero-order valence-electron chi connectivity index (χ0n) is 14.0. The summed E-state index contributed by atoms with van der Waals surface area (Å²) >= 11 is -2.99. The minimum absolute atomic E-state index is 1.46. The second-order valence-electron chi connectivity index (χ2n) is 6.21. The predicted octanol–water partition coefficient (Wildman–Crippen LogP) is 2.80. The molecule has 0 aliphatic heterocycles. The minimum atomic E-state index is -2.99. The molecule has 0 amide bonds. The van der Waals surface area contributed by atoms with Gasteiger partial charge in [0, 0.05) is 0 Å².